The van der Waals surface area contributed by atoms with Crippen LogP contribution in [0, 0.1) is 10.1 Å². The molecule has 0 aliphatic heterocycles. The van der Waals surface area contributed by atoms with E-state index in [0.717, 1.165) is 6.42 Å². The molecule has 0 unspecified atom stereocenters. The number of nitrogens with zero attached hydrogens (tertiary/aromatic N) is 4. The molecule has 23 heavy (non-hydrogen) atoms. The summed E-state index contributed by atoms with van der Waals surface area (Å²) in [5.41, 5.74) is 4.76. The summed E-state index contributed by atoms with van der Waals surface area (Å²) in [5.74, 6) is -0.514. The first-order valence-electron chi connectivity index (χ1n) is 6.83. The molecule has 10 heteroatoms. The maximum atomic E-state index is 11.9. The molecule has 0 atom stereocenters. The van der Waals surface area contributed by atoms with Crippen molar-refractivity contribution >= 4 is 23.2 Å². The van der Waals surface area contributed by atoms with Gasteiger partial charge in [0.15, 0.2) is 0 Å². The Kier molecular flexibility index (Phi) is 5.34. The van der Waals surface area contributed by atoms with Gasteiger partial charge < -0.3 is 5.32 Å². The smallest absolute Gasteiger partial charge is 0.354 e. The summed E-state index contributed by atoms with van der Waals surface area (Å²) in [7, 11) is 0. The van der Waals surface area contributed by atoms with E-state index in [1.807, 2.05) is 6.92 Å². The Morgan fingerprint density at radius 3 is 2.78 bits per heavy atom. The minimum Gasteiger partial charge on any atom is -0.364 e. The van der Waals surface area contributed by atoms with Crippen LogP contribution in [-0.4, -0.2) is 32.3 Å². The van der Waals surface area contributed by atoms with Gasteiger partial charge >= 0.3 is 5.69 Å². The van der Waals surface area contributed by atoms with Crippen LogP contribution in [0.5, 0.6) is 0 Å². The third kappa shape index (κ3) is 4.09. The first-order valence-corrected chi connectivity index (χ1v) is 6.83. The van der Waals surface area contributed by atoms with Crippen molar-refractivity contribution in [2.75, 3.05) is 17.3 Å². The summed E-state index contributed by atoms with van der Waals surface area (Å²) in [6, 6.07) is 3.17. The molecular weight excluding hydrogens is 302 g/mol. The summed E-state index contributed by atoms with van der Waals surface area (Å²) >= 11 is 0. The highest BCUT2D eigenvalue weighted by atomic mass is 16.6. The lowest BCUT2D eigenvalue weighted by atomic mass is 10.3. The van der Waals surface area contributed by atoms with E-state index in [-0.39, 0.29) is 17.3 Å². The molecule has 2 rings (SSSR count). The van der Waals surface area contributed by atoms with E-state index in [4.69, 9.17) is 0 Å². The lowest BCUT2D eigenvalue weighted by Gasteiger charge is -2.10. The SMILES string of the molecule is CCCNc1ncnc(NNC(=O)c2cccnc2)c1[N+](=O)[O-]. The van der Waals surface area contributed by atoms with Crippen LogP contribution in [-0.2, 0) is 0 Å². The van der Waals surface area contributed by atoms with Crippen molar-refractivity contribution < 1.29 is 9.72 Å². The summed E-state index contributed by atoms with van der Waals surface area (Å²) < 4.78 is 0. The molecule has 0 aliphatic carbocycles. The number of anilines is 2. The molecule has 1 amide bonds. The summed E-state index contributed by atoms with van der Waals surface area (Å²) in [5, 5.41) is 14.1. The highest BCUT2D eigenvalue weighted by Gasteiger charge is 2.23. The monoisotopic (exact) mass is 317 g/mol. The fraction of sp³-hybridized carbons (Fsp3) is 0.231. The van der Waals surface area contributed by atoms with Crippen molar-refractivity contribution in [2.24, 2.45) is 0 Å². The maximum Gasteiger partial charge on any atom is 0.354 e. The number of carbonyl (C=O) groups excluding carboxylic acids is 1. The van der Waals surface area contributed by atoms with E-state index in [1.54, 1.807) is 12.1 Å². The quantitative estimate of drug-likeness (QED) is 0.514. The largest absolute Gasteiger partial charge is 0.364 e. The zero-order chi connectivity index (χ0) is 16.7. The van der Waals surface area contributed by atoms with Gasteiger partial charge in [0.1, 0.15) is 6.33 Å². The summed E-state index contributed by atoms with van der Waals surface area (Å²) in [6.07, 6.45) is 4.86. The van der Waals surface area contributed by atoms with E-state index < -0.39 is 10.8 Å². The topological polar surface area (TPSA) is 135 Å². The lowest BCUT2D eigenvalue weighted by molar-refractivity contribution is -0.383. The number of hydrazine groups is 1. The van der Waals surface area contributed by atoms with E-state index >= 15 is 0 Å². The molecule has 2 aromatic heterocycles. The number of hydrogen-bond donors (Lipinski definition) is 3. The van der Waals surface area contributed by atoms with Crippen molar-refractivity contribution in [1.82, 2.24) is 20.4 Å². The molecule has 0 radical (unpaired) electrons. The molecule has 0 bridgehead atoms. The highest BCUT2D eigenvalue weighted by Crippen LogP contribution is 2.28. The van der Waals surface area contributed by atoms with E-state index in [0.29, 0.717) is 12.1 Å². The third-order valence-corrected chi connectivity index (χ3v) is 2.77. The Hall–Kier alpha value is -3.30. The van der Waals surface area contributed by atoms with Crippen LogP contribution < -0.4 is 16.2 Å². The van der Waals surface area contributed by atoms with Crippen LogP contribution in [0.25, 0.3) is 0 Å². The van der Waals surface area contributed by atoms with E-state index in [1.165, 1.54) is 18.7 Å². The Morgan fingerprint density at radius 2 is 2.13 bits per heavy atom. The second-order valence-electron chi connectivity index (χ2n) is 4.42. The van der Waals surface area contributed by atoms with Crippen LogP contribution in [0.15, 0.2) is 30.9 Å². The first kappa shape index (κ1) is 16.1. The minimum atomic E-state index is -0.615. The highest BCUT2D eigenvalue weighted by molar-refractivity contribution is 5.94. The Labute approximate surface area is 131 Å². The van der Waals surface area contributed by atoms with Crippen LogP contribution in [0.4, 0.5) is 17.3 Å². The molecule has 3 N–H and O–H groups in total. The van der Waals surface area contributed by atoms with Gasteiger partial charge in [-0.05, 0) is 18.6 Å². The summed E-state index contributed by atoms with van der Waals surface area (Å²) in [6.45, 7) is 2.45. The molecule has 0 fully saturated rings. The number of hydrogen-bond acceptors (Lipinski definition) is 8. The number of nitro groups is 1. The van der Waals surface area contributed by atoms with Gasteiger partial charge in [0, 0.05) is 18.9 Å². The number of pyridine rings is 1. The minimum absolute atomic E-state index is 0.0879. The van der Waals surface area contributed by atoms with Crippen LogP contribution in [0.3, 0.4) is 0 Å². The third-order valence-electron chi connectivity index (χ3n) is 2.77. The average Bonchev–Trinajstić information content (AvgIpc) is 2.58. The van der Waals surface area contributed by atoms with Crippen LogP contribution in [0.1, 0.15) is 23.7 Å². The second-order valence-corrected chi connectivity index (χ2v) is 4.42. The number of aromatic nitrogens is 3. The number of rotatable bonds is 7. The predicted molar refractivity (Wildman–Crippen MR) is 82.8 cm³/mol. The number of amides is 1. The van der Waals surface area contributed by atoms with Crippen LogP contribution >= 0.6 is 0 Å². The molecule has 0 aromatic carbocycles. The zero-order valence-corrected chi connectivity index (χ0v) is 12.3. The molecule has 0 saturated carbocycles. The van der Waals surface area contributed by atoms with Gasteiger partial charge in [-0.2, -0.15) is 0 Å². The molecule has 2 aromatic rings. The van der Waals surface area contributed by atoms with Gasteiger partial charge in [0.2, 0.25) is 11.6 Å². The van der Waals surface area contributed by atoms with Gasteiger partial charge in [-0.1, -0.05) is 6.92 Å². The number of carbonyl (C=O) groups is 1. The molecule has 10 nitrogen and oxygen atoms in total. The summed E-state index contributed by atoms with van der Waals surface area (Å²) in [4.78, 5) is 34.0. The molecular formula is C13H15N7O3. The molecule has 0 spiro atoms. The molecule has 0 saturated heterocycles. The van der Waals surface area contributed by atoms with Gasteiger partial charge in [0.05, 0.1) is 10.5 Å². The van der Waals surface area contributed by atoms with Crippen molar-refractivity contribution in [1.29, 1.82) is 0 Å². The zero-order valence-electron chi connectivity index (χ0n) is 12.3. The second kappa shape index (κ2) is 7.64. The normalized spacial score (nSPS) is 9.96. The van der Waals surface area contributed by atoms with Crippen LogP contribution in [0.2, 0.25) is 0 Å². The van der Waals surface area contributed by atoms with Gasteiger partial charge in [-0.25, -0.2) is 9.97 Å². The average molecular weight is 317 g/mol. The van der Waals surface area contributed by atoms with Crippen molar-refractivity contribution in [3.63, 3.8) is 0 Å². The van der Waals surface area contributed by atoms with Crippen molar-refractivity contribution in [2.45, 2.75) is 13.3 Å². The Bertz CT molecular complexity index is 693. The van der Waals surface area contributed by atoms with E-state index in [9.17, 15) is 14.9 Å². The van der Waals surface area contributed by atoms with E-state index in [2.05, 4.69) is 31.1 Å². The Balaban J connectivity index is 2.16. The number of nitrogens with one attached hydrogen (secondary N) is 3. The lowest BCUT2D eigenvalue weighted by Crippen LogP contribution is -2.30. The van der Waals surface area contributed by atoms with Gasteiger partial charge in [0.25, 0.3) is 5.91 Å². The maximum absolute atomic E-state index is 11.9. The van der Waals surface area contributed by atoms with Gasteiger partial charge in [-0.3, -0.25) is 30.7 Å². The fourth-order valence-corrected chi connectivity index (χ4v) is 1.70. The Morgan fingerprint density at radius 1 is 1.35 bits per heavy atom. The van der Waals surface area contributed by atoms with Crippen molar-refractivity contribution in [3.8, 4) is 0 Å². The molecule has 120 valence electrons. The standard InChI is InChI=1S/C13H15N7O3/c1-2-5-15-11-10(20(22)23)12(17-8-16-11)18-19-13(21)9-4-3-6-14-7-9/h3-4,6-8H,2,5H2,1H3,(H,19,21)(H2,15,16,17,18). The van der Waals surface area contributed by atoms with Gasteiger partial charge in [-0.15, -0.1) is 0 Å². The molecule has 2 heterocycles. The molecule has 0 aliphatic rings. The van der Waals surface area contributed by atoms with Crippen molar-refractivity contribution in [3.05, 3.63) is 46.5 Å². The predicted octanol–water partition coefficient (Wildman–Crippen LogP) is 1.36. The first-order chi connectivity index (χ1) is 11.1. The fourth-order valence-electron chi connectivity index (χ4n) is 1.70.